The summed E-state index contributed by atoms with van der Waals surface area (Å²) in [5, 5.41) is 4.22. The predicted molar refractivity (Wildman–Crippen MR) is 73.0 cm³/mol. The Morgan fingerprint density at radius 2 is 2.39 bits per heavy atom. The van der Waals surface area contributed by atoms with Crippen LogP contribution in [0.1, 0.15) is 19.0 Å². The lowest BCUT2D eigenvalue weighted by Gasteiger charge is -2.03. The van der Waals surface area contributed by atoms with Gasteiger partial charge >= 0.3 is 0 Å². The van der Waals surface area contributed by atoms with Crippen LogP contribution in [0, 0.1) is 0 Å². The standard InChI is InChI=1S/C12H14N4OS/c1-2-5-17-10-7-15-16(8-10)9-3-4-14-11(6-9)12(13)18/h3-4,6-8H,2,5H2,1H3,(H2,13,18). The minimum atomic E-state index is 0.270. The second-order valence-corrected chi connectivity index (χ2v) is 4.17. The van der Waals surface area contributed by atoms with Crippen molar-refractivity contribution in [2.45, 2.75) is 13.3 Å². The molecule has 0 spiro atoms. The van der Waals surface area contributed by atoms with Gasteiger partial charge in [0, 0.05) is 6.20 Å². The van der Waals surface area contributed by atoms with Gasteiger partial charge in [-0.15, -0.1) is 0 Å². The molecule has 0 saturated carbocycles. The minimum Gasteiger partial charge on any atom is -0.490 e. The largest absolute Gasteiger partial charge is 0.490 e. The molecule has 2 aromatic heterocycles. The molecule has 0 saturated heterocycles. The molecular weight excluding hydrogens is 248 g/mol. The van der Waals surface area contributed by atoms with E-state index in [1.54, 1.807) is 23.1 Å². The van der Waals surface area contributed by atoms with Crippen LogP contribution in [0.15, 0.2) is 30.7 Å². The van der Waals surface area contributed by atoms with E-state index in [4.69, 9.17) is 22.7 Å². The Morgan fingerprint density at radius 3 is 3.11 bits per heavy atom. The molecule has 2 N–H and O–H groups in total. The predicted octanol–water partition coefficient (Wildman–Crippen LogP) is 1.69. The molecule has 2 rings (SSSR count). The lowest BCUT2D eigenvalue weighted by Crippen LogP contribution is -2.12. The third kappa shape index (κ3) is 2.84. The monoisotopic (exact) mass is 262 g/mol. The number of rotatable bonds is 5. The van der Waals surface area contributed by atoms with Gasteiger partial charge in [-0.25, -0.2) is 4.68 Å². The van der Waals surface area contributed by atoms with Crippen molar-refractivity contribution in [2.24, 2.45) is 5.73 Å². The maximum Gasteiger partial charge on any atom is 0.157 e. The molecular formula is C12H14N4OS. The number of hydrogen-bond donors (Lipinski definition) is 1. The van der Waals surface area contributed by atoms with Gasteiger partial charge < -0.3 is 10.5 Å². The van der Waals surface area contributed by atoms with Gasteiger partial charge in [0.05, 0.1) is 30.4 Å². The minimum absolute atomic E-state index is 0.270. The van der Waals surface area contributed by atoms with Crippen LogP contribution >= 0.6 is 12.2 Å². The highest BCUT2D eigenvalue weighted by molar-refractivity contribution is 7.80. The Kier molecular flexibility index (Phi) is 3.88. The lowest BCUT2D eigenvalue weighted by molar-refractivity contribution is 0.317. The van der Waals surface area contributed by atoms with Crippen molar-refractivity contribution in [3.8, 4) is 11.4 Å². The summed E-state index contributed by atoms with van der Waals surface area (Å²) in [5.41, 5.74) is 6.97. The third-order valence-electron chi connectivity index (χ3n) is 2.29. The summed E-state index contributed by atoms with van der Waals surface area (Å²) in [6.07, 6.45) is 6.11. The Labute approximate surface area is 111 Å². The maximum absolute atomic E-state index is 5.55. The number of nitrogens with zero attached hydrogens (tertiary/aromatic N) is 3. The quantitative estimate of drug-likeness (QED) is 0.831. The molecule has 0 aliphatic heterocycles. The van der Waals surface area contributed by atoms with Crippen LogP contribution in [0.5, 0.6) is 5.75 Å². The van der Waals surface area contributed by atoms with E-state index in [2.05, 4.69) is 17.0 Å². The molecule has 0 bridgehead atoms. The maximum atomic E-state index is 5.55. The van der Waals surface area contributed by atoms with E-state index in [1.807, 2.05) is 12.3 Å². The van der Waals surface area contributed by atoms with Crippen LogP contribution < -0.4 is 10.5 Å². The van der Waals surface area contributed by atoms with Gasteiger partial charge in [-0.3, -0.25) is 4.98 Å². The second kappa shape index (κ2) is 5.59. The molecule has 6 heteroatoms. The molecule has 0 aromatic carbocycles. The van der Waals surface area contributed by atoms with E-state index in [0.29, 0.717) is 12.3 Å². The smallest absolute Gasteiger partial charge is 0.157 e. The summed E-state index contributed by atoms with van der Waals surface area (Å²) in [4.78, 5) is 4.35. The van der Waals surface area contributed by atoms with Crippen molar-refractivity contribution in [1.82, 2.24) is 14.8 Å². The number of thiocarbonyl (C=S) groups is 1. The molecule has 2 aromatic rings. The van der Waals surface area contributed by atoms with E-state index in [0.717, 1.165) is 17.9 Å². The Bertz CT molecular complexity index is 553. The van der Waals surface area contributed by atoms with Crippen molar-refractivity contribution in [3.05, 3.63) is 36.4 Å². The fourth-order valence-electron chi connectivity index (χ4n) is 1.44. The highest BCUT2D eigenvalue weighted by Gasteiger charge is 2.04. The van der Waals surface area contributed by atoms with E-state index >= 15 is 0 Å². The van der Waals surface area contributed by atoms with E-state index in [1.165, 1.54) is 0 Å². The van der Waals surface area contributed by atoms with Gasteiger partial charge in [0.1, 0.15) is 4.99 Å². The highest BCUT2D eigenvalue weighted by atomic mass is 32.1. The van der Waals surface area contributed by atoms with Crippen molar-refractivity contribution in [3.63, 3.8) is 0 Å². The SMILES string of the molecule is CCCOc1cnn(-c2ccnc(C(N)=S)c2)c1. The van der Waals surface area contributed by atoms with Crippen molar-refractivity contribution in [2.75, 3.05) is 6.61 Å². The molecule has 0 unspecified atom stereocenters. The van der Waals surface area contributed by atoms with Crippen molar-refractivity contribution < 1.29 is 4.74 Å². The molecule has 0 radical (unpaired) electrons. The number of aromatic nitrogens is 3. The fraction of sp³-hybridized carbons (Fsp3) is 0.250. The van der Waals surface area contributed by atoms with Crippen LogP contribution in [0.25, 0.3) is 5.69 Å². The highest BCUT2D eigenvalue weighted by Crippen LogP contribution is 2.14. The molecule has 0 amide bonds. The Balaban J connectivity index is 2.23. The van der Waals surface area contributed by atoms with E-state index < -0.39 is 0 Å². The zero-order valence-electron chi connectivity index (χ0n) is 10.0. The van der Waals surface area contributed by atoms with Crippen LogP contribution in [0.4, 0.5) is 0 Å². The Morgan fingerprint density at radius 1 is 1.56 bits per heavy atom. The van der Waals surface area contributed by atoms with Crippen LogP contribution in [-0.2, 0) is 0 Å². The molecule has 0 aliphatic rings. The topological polar surface area (TPSA) is 66.0 Å². The average molecular weight is 262 g/mol. The zero-order valence-corrected chi connectivity index (χ0v) is 10.9. The van der Waals surface area contributed by atoms with Gasteiger partial charge in [-0.05, 0) is 18.6 Å². The van der Waals surface area contributed by atoms with Crippen molar-refractivity contribution >= 4 is 17.2 Å². The van der Waals surface area contributed by atoms with Gasteiger partial charge in [0.25, 0.3) is 0 Å². The number of pyridine rings is 1. The van der Waals surface area contributed by atoms with Crippen molar-refractivity contribution in [1.29, 1.82) is 0 Å². The van der Waals surface area contributed by atoms with Gasteiger partial charge in [-0.1, -0.05) is 19.1 Å². The molecule has 0 atom stereocenters. The number of hydrogen-bond acceptors (Lipinski definition) is 4. The molecule has 0 aliphatic carbocycles. The van der Waals surface area contributed by atoms with Gasteiger partial charge in [0.15, 0.2) is 5.75 Å². The lowest BCUT2D eigenvalue weighted by atomic mass is 10.3. The number of nitrogens with two attached hydrogens (primary N) is 1. The zero-order chi connectivity index (χ0) is 13.0. The molecule has 94 valence electrons. The summed E-state index contributed by atoms with van der Waals surface area (Å²) < 4.78 is 7.19. The first-order chi connectivity index (χ1) is 8.70. The third-order valence-corrected chi connectivity index (χ3v) is 2.50. The fourth-order valence-corrected chi connectivity index (χ4v) is 1.55. The molecule has 18 heavy (non-hydrogen) atoms. The first kappa shape index (κ1) is 12.5. The molecule has 0 fully saturated rings. The van der Waals surface area contributed by atoms with Crippen LogP contribution in [-0.4, -0.2) is 26.4 Å². The summed E-state index contributed by atoms with van der Waals surface area (Å²) in [6.45, 7) is 2.74. The van der Waals surface area contributed by atoms with Gasteiger partial charge in [-0.2, -0.15) is 5.10 Å². The van der Waals surface area contributed by atoms with Gasteiger partial charge in [0.2, 0.25) is 0 Å². The normalized spacial score (nSPS) is 10.3. The number of ether oxygens (including phenoxy) is 1. The summed E-state index contributed by atoms with van der Waals surface area (Å²) in [7, 11) is 0. The first-order valence-corrected chi connectivity index (χ1v) is 6.05. The summed E-state index contributed by atoms with van der Waals surface area (Å²) in [5.74, 6) is 0.741. The molecule has 2 heterocycles. The van der Waals surface area contributed by atoms with E-state index in [-0.39, 0.29) is 4.99 Å². The van der Waals surface area contributed by atoms with E-state index in [9.17, 15) is 0 Å². The molecule has 5 nitrogen and oxygen atoms in total. The first-order valence-electron chi connectivity index (χ1n) is 5.64. The Hall–Kier alpha value is -1.95. The van der Waals surface area contributed by atoms with Crippen LogP contribution in [0.3, 0.4) is 0 Å². The summed E-state index contributed by atoms with van der Waals surface area (Å²) in [6, 6.07) is 3.62. The van der Waals surface area contributed by atoms with Crippen LogP contribution in [0.2, 0.25) is 0 Å². The summed E-state index contributed by atoms with van der Waals surface area (Å²) >= 11 is 4.90. The second-order valence-electron chi connectivity index (χ2n) is 3.73. The average Bonchev–Trinajstić information content (AvgIpc) is 2.85.